The van der Waals surface area contributed by atoms with Crippen molar-refractivity contribution in [2.24, 2.45) is 0 Å². The van der Waals surface area contributed by atoms with Gasteiger partial charge in [-0.3, -0.25) is 4.79 Å². The monoisotopic (exact) mass is 419 g/mol. The Labute approximate surface area is 180 Å². The molecule has 0 radical (unpaired) electrons. The van der Waals surface area contributed by atoms with Gasteiger partial charge >= 0.3 is 0 Å². The second-order valence-electron chi connectivity index (χ2n) is 7.56. The van der Waals surface area contributed by atoms with Gasteiger partial charge in [0.05, 0.1) is 16.8 Å². The zero-order chi connectivity index (χ0) is 21.1. The number of rotatable bonds is 7. The smallest absolute Gasteiger partial charge is 0.253 e. The summed E-state index contributed by atoms with van der Waals surface area (Å²) in [6.07, 6.45) is 0. The normalized spacial score (nSPS) is 11.3. The van der Waals surface area contributed by atoms with E-state index < -0.39 is 0 Å². The molecule has 4 rings (SSSR count). The highest BCUT2D eigenvalue weighted by Crippen LogP contribution is 2.31. The van der Waals surface area contributed by atoms with Crippen molar-refractivity contribution in [3.63, 3.8) is 0 Å². The summed E-state index contributed by atoms with van der Waals surface area (Å²) in [5.74, 6) is 1.71. The zero-order valence-electron chi connectivity index (χ0n) is 17.4. The number of fused-ring (bicyclic) bond motifs is 1. The number of aromatic nitrogens is 1. The van der Waals surface area contributed by atoms with E-state index >= 15 is 0 Å². The molecule has 0 bridgehead atoms. The number of hydrogen-bond donors (Lipinski definition) is 1. The standard InChI is InChI=1S/C24H25N3O2S/c1-16(2)27(3)24(28)18-10-8-17(9-11-18)14-25-15-19-12-13-21(29-19)23-26-20-6-4-5-7-22(20)30-23/h4-13,16,25H,14-15H2,1-3H3. The number of hydrogen-bond acceptors (Lipinski definition) is 5. The molecule has 0 atom stereocenters. The largest absolute Gasteiger partial charge is 0.457 e. The molecule has 30 heavy (non-hydrogen) atoms. The van der Waals surface area contributed by atoms with E-state index in [1.807, 2.05) is 75.5 Å². The molecule has 154 valence electrons. The third-order valence-corrected chi connectivity index (χ3v) is 6.14. The van der Waals surface area contributed by atoms with Crippen LogP contribution in [0.25, 0.3) is 21.0 Å². The third-order valence-electron chi connectivity index (χ3n) is 5.09. The van der Waals surface area contributed by atoms with Crippen LogP contribution < -0.4 is 5.32 Å². The highest BCUT2D eigenvalue weighted by Gasteiger charge is 2.14. The number of thiazole rings is 1. The van der Waals surface area contributed by atoms with Crippen molar-refractivity contribution < 1.29 is 9.21 Å². The minimum absolute atomic E-state index is 0.0440. The third kappa shape index (κ3) is 4.45. The minimum Gasteiger partial charge on any atom is -0.457 e. The van der Waals surface area contributed by atoms with E-state index in [0.29, 0.717) is 18.7 Å². The molecule has 0 aliphatic carbocycles. The van der Waals surface area contributed by atoms with Crippen LogP contribution in [0, 0.1) is 0 Å². The van der Waals surface area contributed by atoms with E-state index in [1.54, 1.807) is 16.2 Å². The number of amides is 1. The Morgan fingerprint density at radius 1 is 1.07 bits per heavy atom. The predicted octanol–water partition coefficient (Wildman–Crippen LogP) is 5.33. The Kier molecular flexibility index (Phi) is 5.97. The maximum atomic E-state index is 12.4. The summed E-state index contributed by atoms with van der Waals surface area (Å²) in [6, 6.07) is 20.0. The molecule has 0 saturated carbocycles. The molecular formula is C24H25N3O2S. The quantitative estimate of drug-likeness (QED) is 0.440. The fourth-order valence-corrected chi connectivity index (χ4v) is 4.03. The molecule has 6 heteroatoms. The Morgan fingerprint density at radius 3 is 2.57 bits per heavy atom. The first-order valence-corrected chi connectivity index (χ1v) is 10.8. The highest BCUT2D eigenvalue weighted by molar-refractivity contribution is 7.21. The number of carbonyl (C=O) groups is 1. The SMILES string of the molecule is CC(C)N(C)C(=O)c1ccc(CNCc2ccc(-c3nc4ccccc4s3)o2)cc1. The van der Waals surface area contributed by atoms with E-state index in [2.05, 4.69) is 16.4 Å². The molecule has 0 fully saturated rings. The summed E-state index contributed by atoms with van der Waals surface area (Å²) in [7, 11) is 1.83. The summed E-state index contributed by atoms with van der Waals surface area (Å²) in [6.45, 7) is 5.34. The molecular weight excluding hydrogens is 394 g/mol. The van der Waals surface area contributed by atoms with Crippen molar-refractivity contribution in [2.45, 2.75) is 33.0 Å². The lowest BCUT2D eigenvalue weighted by Gasteiger charge is -2.21. The predicted molar refractivity (Wildman–Crippen MR) is 122 cm³/mol. The second kappa shape index (κ2) is 8.81. The lowest BCUT2D eigenvalue weighted by atomic mass is 10.1. The fraction of sp³-hybridized carbons (Fsp3) is 0.250. The van der Waals surface area contributed by atoms with Crippen molar-refractivity contribution in [3.8, 4) is 10.8 Å². The molecule has 0 aliphatic heterocycles. The number of benzene rings is 2. The van der Waals surface area contributed by atoms with Crippen LogP contribution in [-0.2, 0) is 13.1 Å². The van der Waals surface area contributed by atoms with Crippen molar-refractivity contribution in [1.82, 2.24) is 15.2 Å². The Morgan fingerprint density at radius 2 is 1.83 bits per heavy atom. The second-order valence-corrected chi connectivity index (χ2v) is 8.59. The Balaban J connectivity index is 1.33. The summed E-state index contributed by atoms with van der Waals surface area (Å²) in [4.78, 5) is 18.8. The Bertz CT molecular complexity index is 1110. The average molecular weight is 420 g/mol. The molecule has 1 N–H and O–H groups in total. The first kappa shape index (κ1) is 20.3. The van der Waals surface area contributed by atoms with Crippen LogP contribution in [0.4, 0.5) is 0 Å². The molecule has 0 aliphatic rings. The fourth-order valence-electron chi connectivity index (χ4n) is 3.10. The molecule has 2 aromatic carbocycles. The summed E-state index contributed by atoms with van der Waals surface area (Å²) < 4.78 is 7.13. The van der Waals surface area contributed by atoms with Crippen LogP contribution in [0.15, 0.2) is 65.1 Å². The zero-order valence-corrected chi connectivity index (χ0v) is 18.2. The van der Waals surface area contributed by atoms with Gasteiger partial charge in [0, 0.05) is 25.2 Å². The first-order valence-electron chi connectivity index (χ1n) is 10.0. The van der Waals surface area contributed by atoms with E-state index in [9.17, 15) is 4.79 Å². The number of nitrogens with one attached hydrogen (secondary N) is 1. The number of nitrogens with zero attached hydrogens (tertiary/aromatic N) is 2. The lowest BCUT2D eigenvalue weighted by Crippen LogP contribution is -2.32. The van der Waals surface area contributed by atoms with Crippen LogP contribution in [0.5, 0.6) is 0 Å². The molecule has 2 heterocycles. The van der Waals surface area contributed by atoms with Gasteiger partial charge in [0.25, 0.3) is 5.91 Å². The van der Waals surface area contributed by atoms with Gasteiger partial charge in [0.15, 0.2) is 10.8 Å². The van der Waals surface area contributed by atoms with Crippen molar-refractivity contribution in [3.05, 3.63) is 77.6 Å². The van der Waals surface area contributed by atoms with E-state index in [1.165, 1.54) is 0 Å². The van der Waals surface area contributed by atoms with Gasteiger partial charge in [-0.25, -0.2) is 4.98 Å². The summed E-state index contributed by atoms with van der Waals surface area (Å²) in [5, 5.41) is 4.29. The topological polar surface area (TPSA) is 58.4 Å². The van der Waals surface area contributed by atoms with Crippen molar-refractivity contribution in [1.29, 1.82) is 0 Å². The van der Waals surface area contributed by atoms with Gasteiger partial charge in [-0.2, -0.15) is 0 Å². The molecule has 4 aromatic rings. The van der Waals surface area contributed by atoms with Crippen LogP contribution in [-0.4, -0.2) is 28.9 Å². The highest BCUT2D eigenvalue weighted by atomic mass is 32.1. The van der Waals surface area contributed by atoms with E-state index in [-0.39, 0.29) is 11.9 Å². The number of para-hydroxylation sites is 1. The van der Waals surface area contributed by atoms with E-state index in [4.69, 9.17) is 4.42 Å². The summed E-state index contributed by atoms with van der Waals surface area (Å²) >= 11 is 1.64. The average Bonchev–Trinajstić information content (AvgIpc) is 3.40. The summed E-state index contributed by atoms with van der Waals surface area (Å²) in [5.41, 5.74) is 2.83. The first-order chi connectivity index (χ1) is 14.5. The number of carbonyl (C=O) groups excluding carboxylic acids is 1. The van der Waals surface area contributed by atoms with Gasteiger partial charge in [0.2, 0.25) is 0 Å². The molecule has 5 nitrogen and oxygen atoms in total. The van der Waals surface area contributed by atoms with Gasteiger partial charge in [-0.1, -0.05) is 24.3 Å². The maximum Gasteiger partial charge on any atom is 0.253 e. The van der Waals surface area contributed by atoms with Gasteiger partial charge in [-0.15, -0.1) is 11.3 Å². The molecule has 0 saturated heterocycles. The van der Waals surface area contributed by atoms with Crippen molar-refractivity contribution >= 4 is 27.5 Å². The van der Waals surface area contributed by atoms with Crippen LogP contribution >= 0.6 is 11.3 Å². The van der Waals surface area contributed by atoms with Crippen molar-refractivity contribution in [2.75, 3.05) is 7.05 Å². The van der Waals surface area contributed by atoms with Gasteiger partial charge in [0.1, 0.15) is 5.76 Å². The molecule has 0 spiro atoms. The maximum absolute atomic E-state index is 12.4. The van der Waals surface area contributed by atoms with Gasteiger partial charge in [-0.05, 0) is 55.8 Å². The lowest BCUT2D eigenvalue weighted by molar-refractivity contribution is 0.0755. The van der Waals surface area contributed by atoms with Crippen LogP contribution in [0.1, 0.15) is 35.5 Å². The Hall–Kier alpha value is -2.96. The van der Waals surface area contributed by atoms with E-state index in [0.717, 1.165) is 32.3 Å². The number of furan rings is 1. The molecule has 2 aromatic heterocycles. The van der Waals surface area contributed by atoms with Crippen LogP contribution in [0.2, 0.25) is 0 Å². The molecule has 1 amide bonds. The van der Waals surface area contributed by atoms with Gasteiger partial charge < -0.3 is 14.6 Å². The van der Waals surface area contributed by atoms with Crippen LogP contribution in [0.3, 0.4) is 0 Å². The minimum atomic E-state index is 0.0440. The molecule has 0 unspecified atom stereocenters.